The first-order valence-corrected chi connectivity index (χ1v) is 6.44. The molecule has 6 nitrogen and oxygen atoms in total. The first-order valence-electron chi connectivity index (χ1n) is 6.44. The van der Waals surface area contributed by atoms with Gasteiger partial charge in [0.25, 0.3) is 0 Å². The van der Waals surface area contributed by atoms with Crippen molar-refractivity contribution >= 4 is 5.97 Å². The summed E-state index contributed by atoms with van der Waals surface area (Å²) < 4.78 is 5.20. The smallest absolute Gasteiger partial charge is 0.339 e. The Labute approximate surface area is 112 Å². The van der Waals surface area contributed by atoms with Crippen LogP contribution in [0.15, 0.2) is 12.5 Å². The van der Waals surface area contributed by atoms with Gasteiger partial charge in [0.05, 0.1) is 12.3 Å². The molecule has 0 bridgehead atoms. The molecule has 19 heavy (non-hydrogen) atoms. The lowest BCUT2D eigenvalue weighted by atomic mass is 9.98. The Hall–Kier alpha value is -1.53. The van der Waals surface area contributed by atoms with Crippen LogP contribution in [0.25, 0.3) is 0 Å². The van der Waals surface area contributed by atoms with E-state index in [0.29, 0.717) is 18.2 Å². The summed E-state index contributed by atoms with van der Waals surface area (Å²) in [5.41, 5.74) is 0.775. The number of hydrogen-bond acceptors (Lipinski definition) is 5. The number of likely N-dealkylation sites (tertiary alicyclic amines) is 1. The number of piperidine rings is 1. The van der Waals surface area contributed by atoms with Gasteiger partial charge in [0.15, 0.2) is 0 Å². The minimum Gasteiger partial charge on any atom is -0.478 e. The third-order valence-electron chi connectivity index (χ3n) is 3.40. The molecular weight excluding hydrogens is 246 g/mol. The van der Waals surface area contributed by atoms with Crippen molar-refractivity contribution in [3.05, 3.63) is 23.8 Å². The molecule has 0 spiro atoms. The normalized spacial score (nSPS) is 20.4. The summed E-state index contributed by atoms with van der Waals surface area (Å²) in [5, 5.41) is 9.11. The molecule has 0 amide bonds. The number of aromatic nitrogens is 2. The highest BCUT2D eigenvalue weighted by atomic mass is 16.5. The third kappa shape index (κ3) is 3.71. The first kappa shape index (κ1) is 13.9. The minimum absolute atomic E-state index is 0.191. The Bertz CT molecular complexity index is 437. The monoisotopic (exact) mass is 265 g/mol. The van der Waals surface area contributed by atoms with Crippen LogP contribution in [-0.4, -0.2) is 52.7 Å². The maximum atomic E-state index is 11.1. The van der Waals surface area contributed by atoms with Crippen LogP contribution in [0.4, 0.5) is 0 Å². The zero-order chi connectivity index (χ0) is 13.7. The van der Waals surface area contributed by atoms with Gasteiger partial charge in [-0.25, -0.2) is 14.8 Å². The van der Waals surface area contributed by atoms with Crippen LogP contribution in [-0.2, 0) is 11.3 Å². The SMILES string of the molecule is COCC1CCCN(Cc2ncncc2C(=O)O)C1. The van der Waals surface area contributed by atoms with Gasteiger partial charge in [-0.3, -0.25) is 4.90 Å². The lowest BCUT2D eigenvalue weighted by Gasteiger charge is -2.32. The van der Waals surface area contributed by atoms with E-state index in [9.17, 15) is 4.79 Å². The van der Waals surface area contributed by atoms with E-state index >= 15 is 0 Å². The summed E-state index contributed by atoms with van der Waals surface area (Å²) in [6, 6.07) is 0. The number of rotatable bonds is 5. The molecule has 2 heterocycles. The Morgan fingerprint density at radius 3 is 3.21 bits per heavy atom. The van der Waals surface area contributed by atoms with Crippen molar-refractivity contribution in [2.45, 2.75) is 19.4 Å². The van der Waals surface area contributed by atoms with Gasteiger partial charge in [-0.05, 0) is 25.3 Å². The second kappa shape index (κ2) is 6.58. The van der Waals surface area contributed by atoms with Crippen LogP contribution in [0.2, 0.25) is 0 Å². The summed E-state index contributed by atoms with van der Waals surface area (Å²) in [4.78, 5) is 21.2. The van der Waals surface area contributed by atoms with Gasteiger partial charge in [0, 0.05) is 26.4 Å². The Kier molecular flexibility index (Phi) is 4.81. The topological polar surface area (TPSA) is 75.5 Å². The van der Waals surface area contributed by atoms with Crippen LogP contribution in [0.1, 0.15) is 28.9 Å². The predicted molar refractivity (Wildman–Crippen MR) is 68.9 cm³/mol. The molecule has 1 unspecified atom stereocenters. The van der Waals surface area contributed by atoms with Gasteiger partial charge in [-0.2, -0.15) is 0 Å². The van der Waals surface area contributed by atoms with Crippen LogP contribution in [0.3, 0.4) is 0 Å². The molecule has 2 rings (SSSR count). The fourth-order valence-corrected chi connectivity index (χ4v) is 2.54. The van der Waals surface area contributed by atoms with E-state index in [0.717, 1.165) is 26.1 Å². The third-order valence-corrected chi connectivity index (χ3v) is 3.40. The van der Waals surface area contributed by atoms with Gasteiger partial charge in [0.2, 0.25) is 0 Å². The predicted octanol–water partition coefficient (Wildman–Crippen LogP) is 1.03. The zero-order valence-corrected chi connectivity index (χ0v) is 11.1. The van der Waals surface area contributed by atoms with Gasteiger partial charge < -0.3 is 9.84 Å². The molecule has 1 saturated heterocycles. The maximum absolute atomic E-state index is 11.1. The molecule has 1 aliphatic heterocycles. The van der Waals surface area contributed by atoms with Crippen molar-refractivity contribution in [3.8, 4) is 0 Å². The highest BCUT2D eigenvalue weighted by molar-refractivity contribution is 5.88. The van der Waals surface area contributed by atoms with Crippen molar-refractivity contribution in [1.82, 2.24) is 14.9 Å². The van der Waals surface area contributed by atoms with E-state index in [1.165, 1.54) is 18.9 Å². The Morgan fingerprint density at radius 2 is 2.47 bits per heavy atom. The van der Waals surface area contributed by atoms with Crippen molar-refractivity contribution < 1.29 is 14.6 Å². The van der Waals surface area contributed by atoms with Gasteiger partial charge >= 0.3 is 5.97 Å². The molecule has 1 atom stereocenters. The lowest BCUT2D eigenvalue weighted by Crippen LogP contribution is -2.37. The summed E-state index contributed by atoms with van der Waals surface area (Å²) in [5.74, 6) is -0.449. The molecule has 0 saturated carbocycles. The Morgan fingerprint density at radius 1 is 1.63 bits per heavy atom. The second-order valence-corrected chi connectivity index (χ2v) is 4.89. The summed E-state index contributed by atoms with van der Waals surface area (Å²) in [6.07, 6.45) is 5.04. The molecule has 0 radical (unpaired) electrons. The Balaban J connectivity index is 2.02. The number of ether oxygens (including phenoxy) is 1. The highest BCUT2D eigenvalue weighted by Crippen LogP contribution is 2.19. The number of nitrogens with zero attached hydrogens (tertiary/aromatic N) is 3. The largest absolute Gasteiger partial charge is 0.478 e. The van der Waals surface area contributed by atoms with E-state index in [2.05, 4.69) is 14.9 Å². The van der Waals surface area contributed by atoms with Crippen molar-refractivity contribution in [2.24, 2.45) is 5.92 Å². The summed E-state index contributed by atoms with van der Waals surface area (Å²) in [6.45, 7) is 3.22. The van der Waals surface area contributed by atoms with Gasteiger partial charge in [-0.15, -0.1) is 0 Å². The van der Waals surface area contributed by atoms with E-state index in [1.54, 1.807) is 7.11 Å². The highest BCUT2D eigenvalue weighted by Gasteiger charge is 2.22. The zero-order valence-electron chi connectivity index (χ0n) is 11.1. The minimum atomic E-state index is -0.971. The molecule has 1 N–H and O–H groups in total. The number of methoxy groups -OCH3 is 1. The average Bonchev–Trinajstić information content (AvgIpc) is 2.40. The van der Waals surface area contributed by atoms with E-state index in [1.807, 2.05) is 0 Å². The van der Waals surface area contributed by atoms with Crippen molar-refractivity contribution in [3.63, 3.8) is 0 Å². The van der Waals surface area contributed by atoms with Crippen molar-refractivity contribution in [1.29, 1.82) is 0 Å². The molecular formula is C13H19N3O3. The van der Waals surface area contributed by atoms with Crippen molar-refractivity contribution in [2.75, 3.05) is 26.8 Å². The van der Waals surface area contributed by atoms with Crippen LogP contribution < -0.4 is 0 Å². The number of hydrogen-bond donors (Lipinski definition) is 1. The summed E-state index contributed by atoms with van der Waals surface area (Å²) >= 11 is 0. The lowest BCUT2D eigenvalue weighted by molar-refractivity contribution is 0.0687. The van der Waals surface area contributed by atoms with E-state index < -0.39 is 5.97 Å². The first-order chi connectivity index (χ1) is 9.20. The molecule has 104 valence electrons. The van der Waals surface area contributed by atoms with E-state index in [-0.39, 0.29) is 5.56 Å². The average molecular weight is 265 g/mol. The molecule has 1 aromatic heterocycles. The van der Waals surface area contributed by atoms with E-state index in [4.69, 9.17) is 9.84 Å². The van der Waals surface area contributed by atoms with Gasteiger partial charge in [-0.1, -0.05) is 0 Å². The summed E-state index contributed by atoms with van der Waals surface area (Å²) in [7, 11) is 1.71. The number of carboxylic acids is 1. The molecule has 1 fully saturated rings. The molecule has 1 aliphatic rings. The second-order valence-electron chi connectivity index (χ2n) is 4.89. The number of carboxylic acid groups (broad SMARTS) is 1. The quantitative estimate of drug-likeness (QED) is 0.857. The standard InChI is InChI=1S/C13H19N3O3/c1-19-8-10-3-2-4-16(6-10)7-12-11(13(17)18)5-14-9-15-12/h5,9-10H,2-4,6-8H2,1H3,(H,17,18). The number of aromatic carboxylic acids is 1. The van der Waals surface area contributed by atoms with Crippen LogP contribution >= 0.6 is 0 Å². The molecule has 6 heteroatoms. The van der Waals surface area contributed by atoms with Crippen LogP contribution in [0.5, 0.6) is 0 Å². The fourth-order valence-electron chi connectivity index (χ4n) is 2.54. The van der Waals surface area contributed by atoms with Crippen LogP contribution in [0, 0.1) is 5.92 Å². The molecule has 1 aromatic rings. The maximum Gasteiger partial charge on any atom is 0.339 e. The molecule has 0 aliphatic carbocycles. The fraction of sp³-hybridized carbons (Fsp3) is 0.615. The van der Waals surface area contributed by atoms with Gasteiger partial charge in [0.1, 0.15) is 11.9 Å². The number of carbonyl (C=O) groups is 1. The molecule has 0 aromatic carbocycles.